The molecular formula is C22H29F. The Morgan fingerprint density at radius 2 is 1.39 bits per heavy atom. The van der Waals surface area contributed by atoms with Gasteiger partial charge in [-0.2, -0.15) is 0 Å². The smallest absolute Gasteiger partial charge is 0.123 e. The number of allylic oxidation sites excluding steroid dienone is 3. The molecule has 2 fully saturated rings. The topological polar surface area (TPSA) is 0 Å². The maximum atomic E-state index is 13.1. The van der Waals surface area contributed by atoms with Crippen LogP contribution in [0.25, 0.3) is 0 Å². The van der Waals surface area contributed by atoms with Crippen molar-refractivity contribution in [2.24, 2.45) is 17.8 Å². The van der Waals surface area contributed by atoms with Gasteiger partial charge in [0.25, 0.3) is 0 Å². The van der Waals surface area contributed by atoms with Gasteiger partial charge in [-0.15, -0.1) is 0 Å². The predicted octanol–water partition coefficient (Wildman–Crippen LogP) is 6.65. The van der Waals surface area contributed by atoms with Gasteiger partial charge in [-0.3, -0.25) is 0 Å². The number of halogens is 1. The van der Waals surface area contributed by atoms with Crippen molar-refractivity contribution < 1.29 is 4.39 Å². The summed E-state index contributed by atoms with van der Waals surface area (Å²) in [4.78, 5) is 0. The molecule has 2 aliphatic rings. The van der Waals surface area contributed by atoms with Crippen molar-refractivity contribution in [1.82, 2.24) is 0 Å². The lowest BCUT2D eigenvalue weighted by atomic mass is 9.68. The molecule has 2 saturated carbocycles. The Morgan fingerprint density at radius 1 is 0.826 bits per heavy atom. The molecule has 1 aromatic carbocycles. The van der Waals surface area contributed by atoms with Crippen LogP contribution in [0.4, 0.5) is 4.39 Å². The molecule has 0 nitrogen and oxygen atoms in total. The van der Waals surface area contributed by atoms with E-state index in [0.717, 1.165) is 17.8 Å². The van der Waals surface area contributed by atoms with E-state index in [1.165, 1.54) is 56.9 Å². The van der Waals surface area contributed by atoms with E-state index in [1.807, 2.05) is 18.2 Å². The molecule has 1 aromatic rings. The number of hydrogen-bond acceptors (Lipinski definition) is 0. The third-order valence-corrected chi connectivity index (χ3v) is 6.12. The second kappa shape index (κ2) is 7.95. The lowest BCUT2D eigenvalue weighted by Crippen LogP contribution is -2.25. The molecule has 3 rings (SSSR count). The summed E-state index contributed by atoms with van der Waals surface area (Å²) in [5.74, 6) is 3.18. The maximum Gasteiger partial charge on any atom is 0.123 e. The number of rotatable bonds is 4. The molecule has 0 radical (unpaired) electrons. The van der Waals surface area contributed by atoms with Gasteiger partial charge in [0, 0.05) is 0 Å². The van der Waals surface area contributed by atoms with Crippen molar-refractivity contribution >= 4 is 0 Å². The maximum absolute atomic E-state index is 13.1. The molecule has 0 bridgehead atoms. The van der Waals surface area contributed by atoms with E-state index < -0.39 is 0 Å². The van der Waals surface area contributed by atoms with Gasteiger partial charge in [0.15, 0.2) is 0 Å². The lowest BCUT2D eigenvalue weighted by molar-refractivity contribution is 0.171. The fourth-order valence-electron chi connectivity index (χ4n) is 4.70. The molecule has 0 unspecified atom stereocenters. The minimum absolute atomic E-state index is 0.121. The Labute approximate surface area is 140 Å². The van der Waals surface area contributed by atoms with Crippen LogP contribution in [-0.4, -0.2) is 0 Å². The van der Waals surface area contributed by atoms with E-state index in [1.54, 1.807) is 12.1 Å². The van der Waals surface area contributed by atoms with E-state index in [-0.39, 0.29) is 5.82 Å². The van der Waals surface area contributed by atoms with Crippen molar-refractivity contribution in [3.8, 4) is 0 Å². The summed E-state index contributed by atoms with van der Waals surface area (Å²) < 4.78 is 13.1. The van der Waals surface area contributed by atoms with Gasteiger partial charge in [-0.25, -0.2) is 4.39 Å². The first kappa shape index (κ1) is 16.5. The number of hydrogen-bond donors (Lipinski definition) is 0. The zero-order valence-electron chi connectivity index (χ0n) is 14.1. The van der Waals surface area contributed by atoms with E-state index >= 15 is 0 Å². The second-order valence-corrected chi connectivity index (χ2v) is 7.46. The van der Waals surface area contributed by atoms with Crippen molar-refractivity contribution in [3.05, 3.63) is 60.5 Å². The summed E-state index contributed by atoms with van der Waals surface area (Å²) in [6, 6.07) is 7.19. The molecule has 0 saturated heterocycles. The fraction of sp³-hybridized carbons (Fsp3) is 0.545. The van der Waals surface area contributed by atoms with Crippen LogP contribution in [0.5, 0.6) is 0 Å². The predicted molar refractivity (Wildman–Crippen MR) is 95.9 cm³/mol. The van der Waals surface area contributed by atoms with E-state index in [4.69, 9.17) is 0 Å². The molecule has 0 amide bonds. The zero-order chi connectivity index (χ0) is 16.1. The van der Waals surface area contributed by atoms with Crippen molar-refractivity contribution in [2.75, 3.05) is 0 Å². The van der Waals surface area contributed by atoms with Gasteiger partial charge in [0.1, 0.15) is 5.82 Å². The molecule has 124 valence electrons. The van der Waals surface area contributed by atoms with Gasteiger partial charge < -0.3 is 0 Å². The third kappa shape index (κ3) is 4.34. The monoisotopic (exact) mass is 312 g/mol. The summed E-state index contributed by atoms with van der Waals surface area (Å²) in [6.07, 6.45) is 17.1. The van der Waals surface area contributed by atoms with E-state index in [2.05, 4.69) is 18.7 Å². The Balaban J connectivity index is 1.47. The molecule has 0 atom stereocenters. The van der Waals surface area contributed by atoms with Crippen LogP contribution in [0.15, 0.2) is 49.1 Å². The quantitative estimate of drug-likeness (QED) is 0.546. The Bertz CT molecular complexity index is 511. The average molecular weight is 312 g/mol. The first-order valence-corrected chi connectivity index (χ1v) is 9.31. The van der Waals surface area contributed by atoms with Crippen molar-refractivity contribution in [1.29, 1.82) is 0 Å². The van der Waals surface area contributed by atoms with Crippen LogP contribution in [0.1, 0.15) is 62.8 Å². The average Bonchev–Trinajstić information content (AvgIpc) is 2.61. The Kier molecular flexibility index (Phi) is 5.70. The van der Waals surface area contributed by atoms with Crippen molar-refractivity contribution in [3.63, 3.8) is 0 Å². The van der Waals surface area contributed by atoms with Gasteiger partial charge in [-0.05, 0) is 92.7 Å². The van der Waals surface area contributed by atoms with Crippen LogP contribution in [0.3, 0.4) is 0 Å². The largest absolute Gasteiger partial charge is 0.207 e. The minimum Gasteiger partial charge on any atom is -0.207 e. The van der Waals surface area contributed by atoms with Gasteiger partial charge in [0.05, 0.1) is 0 Å². The molecule has 1 heteroatoms. The standard InChI is InChI=1S/C22H29F/c1-2-3-4-17-5-7-18(8-6-17)19-9-11-20(12-10-19)21-13-15-22(23)16-14-21/h2-4,13-20H,1,5-12H2. The highest BCUT2D eigenvalue weighted by atomic mass is 19.1. The van der Waals surface area contributed by atoms with Crippen LogP contribution >= 0.6 is 0 Å². The summed E-state index contributed by atoms with van der Waals surface area (Å²) in [6.45, 7) is 3.76. The van der Waals surface area contributed by atoms with E-state index in [0.29, 0.717) is 5.92 Å². The highest BCUT2D eigenvalue weighted by Gasteiger charge is 2.30. The van der Waals surface area contributed by atoms with Gasteiger partial charge in [-0.1, -0.05) is 36.9 Å². The first-order valence-electron chi connectivity index (χ1n) is 9.31. The highest BCUT2D eigenvalue weighted by molar-refractivity contribution is 5.21. The van der Waals surface area contributed by atoms with Crippen LogP contribution in [-0.2, 0) is 0 Å². The van der Waals surface area contributed by atoms with Crippen LogP contribution < -0.4 is 0 Å². The second-order valence-electron chi connectivity index (χ2n) is 7.46. The van der Waals surface area contributed by atoms with Gasteiger partial charge >= 0.3 is 0 Å². The lowest BCUT2D eigenvalue weighted by Gasteiger charge is -2.37. The minimum atomic E-state index is -0.121. The molecular weight excluding hydrogens is 283 g/mol. The third-order valence-electron chi connectivity index (χ3n) is 6.12. The SMILES string of the molecule is C=CC=CC1CCC(C2CCC(c3ccc(F)cc3)CC2)CC1. The molecule has 0 aromatic heterocycles. The number of benzene rings is 1. The molecule has 0 aliphatic heterocycles. The normalized spacial score (nSPS) is 32.0. The van der Waals surface area contributed by atoms with E-state index in [9.17, 15) is 4.39 Å². The van der Waals surface area contributed by atoms with Gasteiger partial charge in [0.2, 0.25) is 0 Å². The Hall–Kier alpha value is -1.37. The molecule has 23 heavy (non-hydrogen) atoms. The summed E-state index contributed by atoms with van der Waals surface area (Å²) in [5.41, 5.74) is 1.34. The Morgan fingerprint density at radius 3 is 1.96 bits per heavy atom. The molecule has 2 aliphatic carbocycles. The first-order chi connectivity index (χ1) is 11.3. The summed E-state index contributed by atoms with van der Waals surface area (Å²) in [7, 11) is 0. The fourth-order valence-corrected chi connectivity index (χ4v) is 4.70. The molecule has 0 N–H and O–H groups in total. The van der Waals surface area contributed by atoms with Crippen LogP contribution in [0, 0.1) is 23.6 Å². The zero-order valence-corrected chi connectivity index (χ0v) is 14.1. The molecule has 0 spiro atoms. The summed E-state index contributed by atoms with van der Waals surface area (Å²) in [5, 5.41) is 0. The highest BCUT2D eigenvalue weighted by Crippen LogP contribution is 2.44. The molecule has 0 heterocycles. The van der Waals surface area contributed by atoms with Crippen LogP contribution in [0.2, 0.25) is 0 Å². The summed E-state index contributed by atoms with van der Waals surface area (Å²) >= 11 is 0. The van der Waals surface area contributed by atoms with Crippen molar-refractivity contribution in [2.45, 2.75) is 57.3 Å².